The lowest BCUT2D eigenvalue weighted by Crippen LogP contribution is -2.40. The maximum absolute atomic E-state index is 12.1. The minimum atomic E-state index is -0.578. The van der Waals surface area contributed by atoms with Crippen molar-refractivity contribution in [2.45, 2.75) is 32.9 Å². The second-order valence-corrected chi connectivity index (χ2v) is 6.62. The molecule has 2 aromatic rings. The van der Waals surface area contributed by atoms with Crippen LogP contribution in [0.3, 0.4) is 0 Å². The number of carbonyl (C=O) groups excluding carboxylic acids is 2. The quantitative estimate of drug-likeness (QED) is 0.701. The van der Waals surface area contributed by atoms with Crippen molar-refractivity contribution in [3.05, 3.63) is 40.8 Å². The molecule has 4 N–H and O–H groups in total. The van der Waals surface area contributed by atoms with E-state index in [0.29, 0.717) is 11.4 Å². The van der Waals surface area contributed by atoms with E-state index in [0.717, 1.165) is 11.3 Å². The standard InChI is InChI=1S/C17H22N4O3S/c1-3-11(2)15(18)16(22)20-12-5-4-6-13(7-12)21-17(23)24-9-14-8-19-10-25-14/h4-8,10-11,15H,3,9,18H2,1-2H3,(H,20,22)(H,21,23)/t11-,15-/m0/s1. The molecule has 25 heavy (non-hydrogen) atoms. The molecule has 134 valence electrons. The van der Waals surface area contributed by atoms with Gasteiger partial charge in [0.05, 0.1) is 16.4 Å². The maximum Gasteiger partial charge on any atom is 0.411 e. The summed E-state index contributed by atoms with van der Waals surface area (Å²) in [5.74, 6) is -0.165. The van der Waals surface area contributed by atoms with Crippen molar-refractivity contribution in [3.63, 3.8) is 0 Å². The number of nitrogens with two attached hydrogens (primary N) is 1. The molecule has 8 heteroatoms. The maximum atomic E-state index is 12.1. The molecular formula is C17H22N4O3S. The SMILES string of the molecule is CC[C@H](C)[C@H](N)C(=O)Nc1cccc(NC(=O)OCc2cncs2)c1. The third-order valence-corrected chi connectivity index (χ3v) is 4.52. The van der Waals surface area contributed by atoms with Gasteiger partial charge in [-0.3, -0.25) is 15.1 Å². The molecule has 1 aromatic heterocycles. The molecule has 0 bridgehead atoms. The zero-order chi connectivity index (χ0) is 18.2. The van der Waals surface area contributed by atoms with Gasteiger partial charge in [-0.1, -0.05) is 26.3 Å². The molecule has 2 amide bonds. The lowest BCUT2D eigenvalue weighted by atomic mass is 9.99. The summed E-state index contributed by atoms with van der Waals surface area (Å²) in [4.78, 5) is 28.7. The first kappa shape index (κ1) is 18.9. The van der Waals surface area contributed by atoms with Crippen LogP contribution in [0.1, 0.15) is 25.1 Å². The van der Waals surface area contributed by atoms with Gasteiger partial charge in [-0.05, 0) is 24.1 Å². The summed E-state index contributed by atoms with van der Waals surface area (Å²) in [7, 11) is 0. The Hall–Kier alpha value is -2.45. The topological polar surface area (TPSA) is 106 Å². The Morgan fingerprint density at radius 2 is 2.04 bits per heavy atom. The van der Waals surface area contributed by atoms with E-state index in [2.05, 4.69) is 15.6 Å². The predicted octanol–water partition coefficient (Wildman–Crippen LogP) is 3.20. The molecule has 0 saturated carbocycles. The number of anilines is 2. The van der Waals surface area contributed by atoms with Crippen molar-refractivity contribution in [1.29, 1.82) is 0 Å². The zero-order valence-corrected chi connectivity index (χ0v) is 15.0. The number of carbonyl (C=O) groups is 2. The molecule has 0 spiro atoms. The van der Waals surface area contributed by atoms with Gasteiger partial charge in [-0.25, -0.2) is 4.79 Å². The van der Waals surface area contributed by atoms with Crippen LogP contribution >= 0.6 is 11.3 Å². The number of nitrogens with zero attached hydrogens (tertiary/aromatic N) is 1. The van der Waals surface area contributed by atoms with Gasteiger partial charge < -0.3 is 15.8 Å². The third-order valence-electron chi connectivity index (χ3n) is 3.77. The van der Waals surface area contributed by atoms with Gasteiger partial charge >= 0.3 is 6.09 Å². The van der Waals surface area contributed by atoms with E-state index in [1.807, 2.05) is 13.8 Å². The van der Waals surface area contributed by atoms with Gasteiger partial charge in [0.25, 0.3) is 0 Å². The lowest BCUT2D eigenvalue weighted by Gasteiger charge is -2.18. The molecule has 2 rings (SSSR count). The number of thiazole rings is 1. The fourth-order valence-corrected chi connectivity index (χ4v) is 2.52. The number of hydrogen-bond donors (Lipinski definition) is 3. The molecule has 0 fully saturated rings. The second kappa shape index (κ2) is 9.14. The van der Waals surface area contributed by atoms with Crippen LogP contribution in [0.4, 0.5) is 16.2 Å². The van der Waals surface area contributed by atoms with Crippen LogP contribution in [0.2, 0.25) is 0 Å². The summed E-state index contributed by atoms with van der Waals surface area (Å²) < 4.78 is 5.11. The Bertz CT molecular complexity index is 706. The van der Waals surface area contributed by atoms with Gasteiger partial charge in [-0.15, -0.1) is 11.3 Å². The Balaban J connectivity index is 1.89. The summed E-state index contributed by atoms with van der Waals surface area (Å²) in [6.07, 6.45) is 1.89. The van der Waals surface area contributed by atoms with Crippen LogP contribution < -0.4 is 16.4 Å². The first-order chi connectivity index (χ1) is 12.0. The second-order valence-electron chi connectivity index (χ2n) is 5.65. The van der Waals surface area contributed by atoms with Crippen LogP contribution in [0, 0.1) is 5.92 Å². The molecule has 0 aliphatic carbocycles. The zero-order valence-electron chi connectivity index (χ0n) is 14.2. The van der Waals surface area contributed by atoms with Crippen molar-refractivity contribution in [2.75, 3.05) is 10.6 Å². The van der Waals surface area contributed by atoms with Gasteiger partial charge in [0.2, 0.25) is 5.91 Å². The Labute approximate surface area is 150 Å². The molecule has 0 unspecified atom stereocenters. The summed E-state index contributed by atoms with van der Waals surface area (Å²) in [6.45, 7) is 4.08. The monoisotopic (exact) mass is 362 g/mol. The van der Waals surface area contributed by atoms with Crippen molar-refractivity contribution in [3.8, 4) is 0 Å². The van der Waals surface area contributed by atoms with Gasteiger partial charge in [0, 0.05) is 17.6 Å². The van der Waals surface area contributed by atoms with Gasteiger partial charge in [-0.2, -0.15) is 0 Å². The summed E-state index contributed by atoms with van der Waals surface area (Å²) in [5, 5.41) is 5.38. The number of aromatic nitrogens is 1. The summed E-state index contributed by atoms with van der Waals surface area (Å²) in [6, 6.07) is 6.23. The smallest absolute Gasteiger partial charge is 0.411 e. The lowest BCUT2D eigenvalue weighted by molar-refractivity contribution is -0.118. The highest BCUT2D eigenvalue weighted by atomic mass is 32.1. The molecule has 0 aliphatic heterocycles. The number of rotatable bonds is 7. The van der Waals surface area contributed by atoms with Crippen molar-refractivity contribution < 1.29 is 14.3 Å². The fraction of sp³-hybridized carbons (Fsp3) is 0.353. The minimum Gasteiger partial charge on any atom is -0.444 e. The number of nitrogens with one attached hydrogen (secondary N) is 2. The Morgan fingerprint density at radius 1 is 1.32 bits per heavy atom. The summed E-state index contributed by atoms with van der Waals surface area (Å²) in [5.41, 5.74) is 8.67. The molecular weight excluding hydrogens is 340 g/mol. The molecule has 1 heterocycles. The fourth-order valence-electron chi connectivity index (χ4n) is 2.02. The molecule has 2 atom stereocenters. The Kier molecular flexibility index (Phi) is 6.91. The number of hydrogen-bond acceptors (Lipinski definition) is 6. The number of amides is 2. The average molecular weight is 362 g/mol. The number of benzene rings is 1. The first-order valence-electron chi connectivity index (χ1n) is 7.97. The highest BCUT2D eigenvalue weighted by molar-refractivity contribution is 7.09. The molecule has 7 nitrogen and oxygen atoms in total. The highest BCUT2D eigenvalue weighted by Gasteiger charge is 2.19. The molecule has 1 aromatic carbocycles. The average Bonchev–Trinajstić information content (AvgIpc) is 3.12. The van der Waals surface area contributed by atoms with E-state index in [1.165, 1.54) is 11.3 Å². The molecule has 0 aliphatic rings. The van der Waals surface area contributed by atoms with Crippen molar-refractivity contribution in [1.82, 2.24) is 4.98 Å². The highest BCUT2D eigenvalue weighted by Crippen LogP contribution is 2.17. The van der Waals surface area contributed by atoms with E-state index in [4.69, 9.17) is 10.5 Å². The van der Waals surface area contributed by atoms with E-state index in [1.54, 1.807) is 36.0 Å². The van der Waals surface area contributed by atoms with Crippen molar-refractivity contribution in [2.24, 2.45) is 11.7 Å². The van der Waals surface area contributed by atoms with Crippen LogP contribution in [0.5, 0.6) is 0 Å². The van der Waals surface area contributed by atoms with Crippen LogP contribution in [-0.4, -0.2) is 23.0 Å². The van der Waals surface area contributed by atoms with E-state index < -0.39 is 12.1 Å². The molecule has 0 saturated heterocycles. The van der Waals surface area contributed by atoms with Crippen LogP contribution in [0.15, 0.2) is 36.0 Å². The minimum absolute atomic E-state index is 0.0861. The first-order valence-corrected chi connectivity index (χ1v) is 8.85. The predicted molar refractivity (Wildman–Crippen MR) is 98.4 cm³/mol. The van der Waals surface area contributed by atoms with Gasteiger partial charge in [0.1, 0.15) is 6.61 Å². The summed E-state index contributed by atoms with van der Waals surface area (Å²) >= 11 is 1.41. The van der Waals surface area contributed by atoms with Crippen LogP contribution in [0.25, 0.3) is 0 Å². The third kappa shape index (κ3) is 5.84. The molecule has 0 radical (unpaired) electrons. The normalized spacial score (nSPS) is 12.9. The number of ether oxygens (including phenoxy) is 1. The van der Waals surface area contributed by atoms with Crippen LogP contribution in [-0.2, 0) is 16.1 Å². The van der Waals surface area contributed by atoms with E-state index in [9.17, 15) is 9.59 Å². The van der Waals surface area contributed by atoms with E-state index >= 15 is 0 Å². The largest absolute Gasteiger partial charge is 0.444 e. The Morgan fingerprint density at radius 3 is 2.68 bits per heavy atom. The van der Waals surface area contributed by atoms with Gasteiger partial charge in [0.15, 0.2) is 0 Å². The van der Waals surface area contributed by atoms with E-state index in [-0.39, 0.29) is 18.4 Å². The van der Waals surface area contributed by atoms with Crippen molar-refractivity contribution >= 4 is 34.7 Å².